The number of halogens is 2. The molecule has 0 unspecified atom stereocenters. The number of barbiturate groups is 1. The Bertz CT molecular complexity index is 1750. The van der Waals surface area contributed by atoms with Crippen molar-refractivity contribution in [3.63, 3.8) is 0 Å². The lowest BCUT2D eigenvalue weighted by Crippen LogP contribution is -2.57. The molecular formula is C34H27BrClN3O6. The van der Waals surface area contributed by atoms with Crippen molar-refractivity contribution in [1.29, 1.82) is 0 Å². The van der Waals surface area contributed by atoms with E-state index in [4.69, 9.17) is 21.1 Å². The number of ether oxygens (including phenoxy) is 2. The number of amides is 5. The average molecular weight is 689 g/mol. The fraction of sp³-hybridized carbons (Fsp3) is 0.118. The highest BCUT2D eigenvalue weighted by molar-refractivity contribution is 9.10. The number of urea groups is 1. The molecular weight excluding hydrogens is 662 g/mol. The van der Waals surface area contributed by atoms with Crippen molar-refractivity contribution in [3.8, 4) is 11.5 Å². The maximum atomic E-state index is 13.7. The van der Waals surface area contributed by atoms with Crippen LogP contribution in [0.3, 0.4) is 0 Å². The van der Waals surface area contributed by atoms with Gasteiger partial charge in [0.15, 0.2) is 18.1 Å². The number of nitrogens with zero attached hydrogens (tertiary/aromatic N) is 2. The monoisotopic (exact) mass is 687 g/mol. The van der Waals surface area contributed by atoms with Crippen LogP contribution in [0.4, 0.5) is 21.9 Å². The minimum Gasteiger partial charge on any atom is -0.490 e. The van der Waals surface area contributed by atoms with E-state index in [1.54, 1.807) is 97.9 Å². The van der Waals surface area contributed by atoms with Crippen molar-refractivity contribution in [2.75, 3.05) is 28.3 Å². The summed E-state index contributed by atoms with van der Waals surface area (Å²) in [4.78, 5) is 55.6. The third kappa shape index (κ3) is 6.92. The molecule has 1 fully saturated rings. The lowest BCUT2D eigenvalue weighted by atomic mass is 10.0. The van der Waals surface area contributed by atoms with Gasteiger partial charge in [0.25, 0.3) is 17.7 Å². The fourth-order valence-electron chi connectivity index (χ4n) is 4.59. The zero-order valence-corrected chi connectivity index (χ0v) is 26.6. The van der Waals surface area contributed by atoms with Gasteiger partial charge in [0.05, 0.1) is 22.5 Å². The number of para-hydroxylation sites is 2. The SMILES string of the molecule is CCOc1cc(C=C2C(=O)N(c3ccccc3)C(=O)N(c3ccccc3)C2=O)cc(Br)c1OCC(=O)Nc1ccc(C)c(Cl)c1. The molecule has 1 N–H and O–H groups in total. The molecule has 0 aromatic heterocycles. The summed E-state index contributed by atoms with van der Waals surface area (Å²) in [6, 6.07) is 24.4. The lowest BCUT2D eigenvalue weighted by molar-refractivity contribution is -0.121. The number of benzene rings is 4. The first-order valence-corrected chi connectivity index (χ1v) is 15.0. The van der Waals surface area contributed by atoms with Crippen LogP contribution in [-0.2, 0) is 14.4 Å². The highest BCUT2D eigenvalue weighted by Crippen LogP contribution is 2.38. The molecule has 9 nitrogen and oxygen atoms in total. The molecule has 228 valence electrons. The summed E-state index contributed by atoms with van der Waals surface area (Å²) < 4.78 is 12.0. The topological polar surface area (TPSA) is 105 Å². The van der Waals surface area contributed by atoms with E-state index in [1.807, 2.05) is 6.92 Å². The van der Waals surface area contributed by atoms with Crippen molar-refractivity contribution < 1.29 is 28.7 Å². The molecule has 4 aromatic rings. The molecule has 1 aliphatic heterocycles. The van der Waals surface area contributed by atoms with Crippen LogP contribution in [0.25, 0.3) is 6.08 Å². The summed E-state index contributed by atoms with van der Waals surface area (Å²) in [6.07, 6.45) is 1.40. The van der Waals surface area contributed by atoms with Crippen LogP contribution < -0.4 is 24.6 Å². The van der Waals surface area contributed by atoms with Gasteiger partial charge < -0.3 is 14.8 Å². The Morgan fingerprint density at radius 2 is 1.47 bits per heavy atom. The maximum absolute atomic E-state index is 13.7. The quantitative estimate of drug-likeness (QED) is 0.145. The zero-order chi connectivity index (χ0) is 32.1. The van der Waals surface area contributed by atoms with Crippen molar-refractivity contribution in [1.82, 2.24) is 0 Å². The molecule has 1 aliphatic rings. The van der Waals surface area contributed by atoms with Gasteiger partial charge in [-0.3, -0.25) is 14.4 Å². The number of carbonyl (C=O) groups excluding carboxylic acids is 4. The van der Waals surface area contributed by atoms with Crippen LogP contribution in [0.5, 0.6) is 11.5 Å². The van der Waals surface area contributed by atoms with Gasteiger partial charge in [-0.15, -0.1) is 0 Å². The Kier molecular flexibility index (Phi) is 9.65. The number of hydrogen-bond acceptors (Lipinski definition) is 6. The minimum atomic E-state index is -0.786. The number of rotatable bonds is 9. The summed E-state index contributed by atoms with van der Waals surface area (Å²) >= 11 is 9.64. The van der Waals surface area contributed by atoms with E-state index in [-0.39, 0.29) is 30.3 Å². The first-order valence-electron chi connectivity index (χ1n) is 13.9. The lowest BCUT2D eigenvalue weighted by Gasteiger charge is -2.34. The van der Waals surface area contributed by atoms with Crippen molar-refractivity contribution in [2.45, 2.75) is 13.8 Å². The number of imide groups is 2. The smallest absolute Gasteiger partial charge is 0.343 e. The molecule has 5 rings (SSSR count). The molecule has 0 aliphatic carbocycles. The molecule has 0 spiro atoms. The van der Waals surface area contributed by atoms with Gasteiger partial charge in [0.1, 0.15) is 5.57 Å². The second kappa shape index (κ2) is 13.8. The third-order valence-corrected chi connectivity index (χ3v) is 7.72. The van der Waals surface area contributed by atoms with Crippen molar-refractivity contribution in [2.24, 2.45) is 0 Å². The summed E-state index contributed by atoms with van der Waals surface area (Å²) in [5, 5.41) is 3.27. The highest BCUT2D eigenvalue weighted by atomic mass is 79.9. The molecule has 4 aromatic carbocycles. The van der Waals surface area contributed by atoms with Gasteiger partial charge in [-0.05, 0) is 95.5 Å². The van der Waals surface area contributed by atoms with E-state index in [0.717, 1.165) is 15.4 Å². The fourth-order valence-corrected chi connectivity index (χ4v) is 5.34. The average Bonchev–Trinajstić information content (AvgIpc) is 3.02. The predicted molar refractivity (Wildman–Crippen MR) is 177 cm³/mol. The van der Waals surface area contributed by atoms with E-state index in [9.17, 15) is 19.2 Å². The van der Waals surface area contributed by atoms with E-state index >= 15 is 0 Å². The Hall–Kier alpha value is -4.93. The summed E-state index contributed by atoms with van der Waals surface area (Å²) in [6.45, 7) is 3.59. The number of carbonyl (C=O) groups is 4. The molecule has 0 saturated carbocycles. The molecule has 1 saturated heterocycles. The maximum Gasteiger partial charge on any atom is 0.343 e. The van der Waals surface area contributed by atoms with Gasteiger partial charge in [0.2, 0.25) is 0 Å². The number of hydrogen-bond donors (Lipinski definition) is 1. The van der Waals surface area contributed by atoms with Crippen molar-refractivity contribution >= 4 is 74.4 Å². The van der Waals surface area contributed by atoms with Gasteiger partial charge in [-0.1, -0.05) is 54.1 Å². The van der Waals surface area contributed by atoms with Crippen LogP contribution in [0.1, 0.15) is 18.1 Å². The van der Waals surface area contributed by atoms with Crippen LogP contribution in [0, 0.1) is 6.92 Å². The normalized spacial score (nSPS) is 13.2. The number of anilines is 3. The minimum absolute atomic E-state index is 0.235. The van der Waals surface area contributed by atoms with E-state index in [0.29, 0.717) is 32.1 Å². The zero-order valence-electron chi connectivity index (χ0n) is 24.3. The van der Waals surface area contributed by atoms with E-state index in [2.05, 4.69) is 21.2 Å². The number of aryl methyl sites for hydroxylation is 1. The highest BCUT2D eigenvalue weighted by Gasteiger charge is 2.43. The van der Waals surface area contributed by atoms with Gasteiger partial charge in [-0.2, -0.15) is 0 Å². The van der Waals surface area contributed by atoms with E-state index in [1.165, 1.54) is 6.08 Å². The van der Waals surface area contributed by atoms with Gasteiger partial charge >= 0.3 is 6.03 Å². The van der Waals surface area contributed by atoms with Crippen LogP contribution in [-0.4, -0.2) is 37.0 Å². The van der Waals surface area contributed by atoms with Gasteiger partial charge in [0, 0.05) is 10.7 Å². The summed E-state index contributed by atoms with van der Waals surface area (Å²) in [5.74, 6) is -1.43. The second-order valence-corrected chi connectivity index (χ2v) is 11.1. The predicted octanol–water partition coefficient (Wildman–Crippen LogP) is 7.41. The Balaban J connectivity index is 1.46. The van der Waals surface area contributed by atoms with Crippen LogP contribution in [0.15, 0.2) is 101 Å². The summed E-state index contributed by atoms with van der Waals surface area (Å²) in [5.41, 5.74) is 2.23. The van der Waals surface area contributed by atoms with E-state index < -0.39 is 23.8 Å². The Labute approximate surface area is 273 Å². The molecule has 0 radical (unpaired) electrons. The molecule has 0 bridgehead atoms. The van der Waals surface area contributed by atoms with Crippen LogP contribution in [0.2, 0.25) is 5.02 Å². The first kappa shape index (κ1) is 31.5. The number of nitrogens with one attached hydrogen (secondary N) is 1. The Morgan fingerprint density at radius 3 is 2.02 bits per heavy atom. The van der Waals surface area contributed by atoms with Crippen LogP contribution >= 0.6 is 27.5 Å². The molecule has 1 heterocycles. The molecule has 45 heavy (non-hydrogen) atoms. The van der Waals surface area contributed by atoms with Gasteiger partial charge in [-0.25, -0.2) is 14.6 Å². The summed E-state index contributed by atoms with van der Waals surface area (Å²) in [7, 11) is 0. The molecule has 0 atom stereocenters. The molecule has 5 amide bonds. The first-order chi connectivity index (χ1) is 21.7. The second-order valence-electron chi connectivity index (χ2n) is 9.86. The Morgan fingerprint density at radius 1 is 0.867 bits per heavy atom. The molecule has 11 heteroatoms. The largest absolute Gasteiger partial charge is 0.490 e. The standard InChI is InChI=1S/C34H27BrClN3O6/c1-3-44-29-18-22(17-27(35)31(29)45-20-30(40)37-23-15-14-21(2)28(36)19-23)16-26-32(41)38(24-10-6-4-7-11-24)34(43)39(33(26)42)25-12-8-5-9-13-25/h4-19H,3,20H2,1-2H3,(H,37,40). The van der Waals surface area contributed by atoms with Crippen molar-refractivity contribution in [3.05, 3.63) is 117 Å². The third-order valence-electron chi connectivity index (χ3n) is 6.72.